The molecule has 5 rings (SSSR count). The summed E-state index contributed by atoms with van der Waals surface area (Å²) < 4.78 is 7.50. The molecule has 3 heterocycles. The van der Waals surface area contributed by atoms with Gasteiger partial charge in [-0.05, 0) is 31.7 Å². The minimum absolute atomic E-state index is 0.0157. The molecule has 1 saturated carbocycles. The van der Waals surface area contributed by atoms with Crippen LogP contribution in [0.5, 0.6) is 0 Å². The molecule has 0 amide bonds. The van der Waals surface area contributed by atoms with Gasteiger partial charge in [-0.3, -0.25) is 9.69 Å². The number of oxazole rings is 1. The molecule has 2 aliphatic carbocycles. The minimum atomic E-state index is 0.0157. The topological polar surface area (TPSA) is 64.2 Å². The van der Waals surface area contributed by atoms with Crippen molar-refractivity contribution in [3.05, 3.63) is 45.5 Å². The summed E-state index contributed by atoms with van der Waals surface area (Å²) in [5.41, 5.74) is 2.26. The van der Waals surface area contributed by atoms with Gasteiger partial charge in [0, 0.05) is 37.4 Å². The molecule has 0 atom stereocenters. The Kier molecular flexibility index (Phi) is 3.33. The third kappa shape index (κ3) is 2.69. The first-order valence-corrected chi connectivity index (χ1v) is 9.02. The number of fused-ring (bicyclic) bond motifs is 1. The van der Waals surface area contributed by atoms with E-state index in [-0.39, 0.29) is 5.56 Å². The van der Waals surface area contributed by atoms with Gasteiger partial charge in [0.05, 0.1) is 24.5 Å². The highest BCUT2D eigenvalue weighted by molar-refractivity contribution is 5.15. The number of aryl methyl sites for hydroxylation is 2. The summed E-state index contributed by atoms with van der Waals surface area (Å²) in [6.45, 7) is 3.47. The van der Waals surface area contributed by atoms with Crippen LogP contribution in [0.3, 0.4) is 0 Å². The number of hydrogen-bond acceptors (Lipinski definition) is 5. The normalized spacial score (nSPS) is 21.0. The average Bonchev–Trinajstić information content (AvgIpc) is 3.17. The van der Waals surface area contributed by atoms with E-state index in [0.717, 1.165) is 62.1 Å². The predicted molar refractivity (Wildman–Crippen MR) is 87.8 cm³/mol. The van der Waals surface area contributed by atoms with Gasteiger partial charge >= 0.3 is 0 Å². The van der Waals surface area contributed by atoms with Crippen molar-refractivity contribution >= 4 is 0 Å². The van der Waals surface area contributed by atoms with Crippen LogP contribution >= 0.6 is 0 Å². The zero-order chi connectivity index (χ0) is 16.1. The Labute approximate surface area is 140 Å². The predicted octanol–water partition coefficient (Wildman–Crippen LogP) is 1.73. The molecule has 1 aliphatic heterocycles. The van der Waals surface area contributed by atoms with Gasteiger partial charge in [0.15, 0.2) is 0 Å². The van der Waals surface area contributed by atoms with Crippen molar-refractivity contribution in [2.75, 3.05) is 13.1 Å². The number of rotatable bonds is 5. The van der Waals surface area contributed by atoms with E-state index in [4.69, 9.17) is 4.42 Å². The first-order valence-electron chi connectivity index (χ1n) is 9.02. The van der Waals surface area contributed by atoms with Crippen LogP contribution in [0.1, 0.15) is 48.2 Å². The van der Waals surface area contributed by atoms with Crippen LogP contribution in [-0.2, 0) is 25.9 Å². The van der Waals surface area contributed by atoms with Gasteiger partial charge < -0.3 is 4.42 Å². The molecule has 3 aliphatic rings. The Balaban J connectivity index is 1.18. The van der Waals surface area contributed by atoms with Crippen molar-refractivity contribution in [2.24, 2.45) is 5.92 Å². The molecule has 0 bridgehead atoms. The summed E-state index contributed by atoms with van der Waals surface area (Å²) in [4.78, 5) is 18.9. The van der Waals surface area contributed by atoms with Crippen LogP contribution in [0, 0.1) is 5.92 Å². The fourth-order valence-corrected chi connectivity index (χ4v) is 3.86. The SMILES string of the molecule is O=c1ccc(C2CC2)nn1CC1CN(Cc2nc3c(o2)CCC3)C1. The van der Waals surface area contributed by atoms with Gasteiger partial charge in [0.25, 0.3) is 5.56 Å². The molecule has 1 saturated heterocycles. The Morgan fingerprint density at radius 2 is 2.08 bits per heavy atom. The van der Waals surface area contributed by atoms with Gasteiger partial charge in [-0.15, -0.1) is 0 Å². The van der Waals surface area contributed by atoms with Crippen LogP contribution in [0.2, 0.25) is 0 Å². The van der Waals surface area contributed by atoms with E-state index in [2.05, 4.69) is 15.0 Å². The lowest BCUT2D eigenvalue weighted by atomic mass is 10.0. The van der Waals surface area contributed by atoms with Gasteiger partial charge in [0.1, 0.15) is 5.76 Å². The third-order valence-electron chi connectivity index (χ3n) is 5.35. The van der Waals surface area contributed by atoms with Gasteiger partial charge in [-0.2, -0.15) is 5.10 Å². The van der Waals surface area contributed by atoms with Crippen molar-refractivity contribution < 1.29 is 4.42 Å². The summed E-state index contributed by atoms with van der Waals surface area (Å²) in [7, 11) is 0. The van der Waals surface area contributed by atoms with Crippen LogP contribution in [0.25, 0.3) is 0 Å². The highest BCUT2D eigenvalue weighted by Gasteiger charge is 2.30. The van der Waals surface area contributed by atoms with Crippen molar-refractivity contribution in [1.29, 1.82) is 0 Å². The first kappa shape index (κ1) is 14.4. The maximum atomic E-state index is 12.0. The van der Waals surface area contributed by atoms with E-state index >= 15 is 0 Å². The molecule has 0 spiro atoms. The molecule has 2 aromatic heterocycles. The van der Waals surface area contributed by atoms with E-state index in [9.17, 15) is 4.79 Å². The molecule has 0 unspecified atom stereocenters. The Morgan fingerprint density at radius 3 is 2.88 bits per heavy atom. The molecule has 2 fully saturated rings. The number of nitrogens with zero attached hydrogens (tertiary/aromatic N) is 4. The van der Waals surface area contributed by atoms with Crippen LogP contribution in [0.15, 0.2) is 21.3 Å². The summed E-state index contributed by atoms with van der Waals surface area (Å²) in [6.07, 6.45) is 5.70. The highest BCUT2D eigenvalue weighted by Crippen LogP contribution is 2.38. The summed E-state index contributed by atoms with van der Waals surface area (Å²) >= 11 is 0. The van der Waals surface area contributed by atoms with E-state index in [0.29, 0.717) is 11.8 Å². The number of aromatic nitrogens is 3. The lowest BCUT2D eigenvalue weighted by molar-refractivity contribution is 0.0675. The molecule has 0 N–H and O–H groups in total. The van der Waals surface area contributed by atoms with Crippen molar-refractivity contribution in [2.45, 2.75) is 51.1 Å². The van der Waals surface area contributed by atoms with Crippen molar-refractivity contribution in [3.8, 4) is 0 Å². The molecule has 2 aromatic rings. The first-order chi connectivity index (χ1) is 11.7. The second-order valence-corrected chi connectivity index (χ2v) is 7.44. The maximum absolute atomic E-state index is 12.0. The van der Waals surface area contributed by atoms with Crippen LogP contribution < -0.4 is 5.56 Å². The lowest BCUT2D eigenvalue weighted by Crippen LogP contribution is -2.49. The van der Waals surface area contributed by atoms with E-state index in [1.807, 2.05) is 6.07 Å². The molecule has 6 heteroatoms. The highest BCUT2D eigenvalue weighted by atomic mass is 16.4. The molecule has 6 nitrogen and oxygen atoms in total. The standard InChI is InChI=1S/C18H22N4O2/c23-18-7-6-14(13-4-5-13)20-22(18)10-12-8-21(9-12)11-17-19-15-2-1-3-16(15)24-17/h6-7,12-13H,1-5,8-11H2. The summed E-state index contributed by atoms with van der Waals surface area (Å²) in [5, 5.41) is 4.55. The third-order valence-corrected chi connectivity index (χ3v) is 5.35. The zero-order valence-corrected chi connectivity index (χ0v) is 13.8. The molecule has 0 radical (unpaired) electrons. The Bertz CT molecular complexity index is 793. The van der Waals surface area contributed by atoms with E-state index in [1.54, 1.807) is 10.7 Å². The van der Waals surface area contributed by atoms with E-state index in [1.165, 1.54) is 19.3 Å². The summed E-state index contributed by atoms with van der Waals surface area (Å²) in [6, 6.07) is 3.57. The fourth-order valence-electron chi connectivity index (χ4n) is 3.86. The molecular formula is C18H22N4O2. The Hall–Kier alpha value is -1.95. The number of hydrogen-bond donors (Lipinski definition) is 0. The quantitative estimate of drug-likeness (QED) is 0.837. The smallest absolute Gasteiger partial charge is 0.266 e. The second kappa shape index (κ2) is 5.55. The molecule has 24 heavy (non-hydrogen) atoms. The fraction of sp³-hybridized carbons (Fsp3) is 0.611. The van der Waals surface area contributed by atoms with Crippen LogP contribution in [-0.4, -0.2) is 32.8 Å². The average molecular weight is 326 g/mol. The molecule has 0 aromatic carbocycles. The maximum Gasteiger partial charge on any atom is 0.266 e. The van der Waals surface area contributed by atoms with Gasteiger partial charge in [0.2, 0.25) is 5.89 Å². The van der Waals surface area contributed by atoms with Gasteiger partial charge in [-0.1, -0.05) is 0 Å². The number of likely N-dealkylation sites (tertiary alicyclic amines) is 1. The minimum Gasteiger partial charge on any atom is -0.444 e. The largest absolute Gasteiger partial charge is 0.444 e. The van der Waals surface area contributed by atoms with E-state index < -0.39 is 0 Å². The van der Waals surface area contributed by atoms with Crippen molar-refractivity contribution in [3.63, 3.8) is 0 Å². The second-order valence-electron chi connectivity index (χ2n) is 7.44. The summed E-state index contributed by atoms with van der Waals surface area (Å²) in [5.74, 6) is 3.02. The molecule has 126 valence electrons. The van der Waals surface area contributed by atoms with Crippen LogP contribution in [0.4, 0.5) is 0 Å². The lowest BCUT2D eigenvalue weighted by Gasteiger charge is -2.38. The van der Waals surface area contributed by atoms with Crippen molar-refractivity contribution in [1.82, 2.24) is 19.7 Å². The Morgan fingerprint density at radius 1 is 1.21 bits per heavy atom. The zero-order valence-electron chi connectivity index (χ0n) is 13.8. The van der Waals surface area contributed by atoms with Gasteiger partial charge in [-0.25, -0.2) is 9.67 Å². The monoisotopic (exact) mass is 326 g/mol. The molecular weight excluding hydrogens is 304 g/mol.